The second-order valence-corrected chi connectivity index (χ2v) is 8.88. The van der Waals surface area contributed by atoms with Gasteiger partial charge < -0.3 is 0 Å². The summed E-state index contributed by atoms with van der Waals surface area (Å²) in [5.74, 6) is 0. The maximum absolute atomic E-state index is 12.0. The Kier molecular flexibility index (Phi) is 4.21. The summed E-state index contributed by atoms with van der Waals surface area (Å²) in [4.78, 5) is 1.04. The molecular weight excluding hydrogens is 310 g/mol. The molecule has 1 aromatic heterocycles. The summed E-state index contributed by atoms with van der Waals surface area (Å²) >= 11 is 4.68. The van der Waals surface area contributed by atoms with Crippen molar-refractivity contribution in [2.75, 3.05) is 0 Å². The van der Waals surface area contributed by atoms with E-state index in [1.165, 1.54) is 11.3 Å². The molecule has 0 aliphatic carbocycles. The van der Waals surface area contributed by atoms with Gasteiger partial charge in [0, 0.05) is 15.2 Å². The van der Waals surface area contributed by atoms with Gasteiger partial charge >= 0.3 is 0 Å². The zero-order valence-electron chi connectivity index (χ0n) is 9.74. The van der Waals surface area contributed by atoms with E-state index in [9.17, 15) is 8.42 Å². The molecule has 1 atom stereocenters. The van der Waals surface area contributed by atoms with E-state index in [4.69, 9.17) is 0 Å². The number of rotatable bonds is 4. The van der Waals surface area contributed by atoms with Gasteiger partial charge in [-0.3, -0.25) is 0 Å². The molecular formula is C10H16BrNO2S2. The molecule has 0 saturated carbocycles. The third-order valence-corrected chi connectivity index (χ3v) is 6.68. The van der Waals surface area contributed by atoms with Gasteiger partial charge in [-0.2, -0.15) is 0 Å². The molecule has 16 heavy (non-hydrogen) atoms. The lowest BCUT2D eigenvalue weighted by Crippen LogP contribution is -2.48. The Morgan fingerprint density at radius 2 is 2.00 bits per heavy atom. The Hall–Kier alpha value is 0.0900. The Balaban J connectivity index is 2.97. The van der Waals surface area contributed by atoms with E-state index < -0.39 is 15.6 Å². The first kappa shape index (κ1) is 14.2. The van der Waals surface area contributed by atoms with Crippen LogP contribution >= 0.6 is 27.3 Å². The van der Waals surface area contributed by atoms with Crippen molar-refractivity contribution in [1.82, 2.24) is 4.72 Å². The van der Waals surface area contributed by atoms with Crippen LogP contribution in [0.4, 0.5) is 0 Å². The second kappa shape index (κ2) is 4.76. The fourth-order valence-electron chi connectivity index (χ4n) is 1.03. The van der Waals surface area contributed by atoms with Crippen molar-refractivity contribution in [3.05, 3.63) is 17.0 Å². The zero-order chi connectivity index (χ0) is 12.6. The molecule has 0 bridgehead atoms. The first-order chi connectivity index (χ1) is 7.15. The lowest BCUT2D eigenvalue weighted by atomic mass is 10.0. The highest BCUT2D eigenvalue weighted by Gasteiger charge is 2.30. The molecule has 6 heteroatoms. The predicted octanol–water partition coefficient (Wildman–Crippen LogP) is 2.90. The van der Waals surface area contributed by atoms with Gasteiger partial charge in [-0.15, -0.1) is 11.3 Å². The minimum atomic E-state index is -3.40. The van der Waals surface area contributed by atoms with Crippen molar-refractivity contribution in [2.24, 2.45) is 0 Å². The summed E-state index contributed by atoms with van der Waals surface area (Å²) in [6.45, 7) is 7.51. The van der Waals surface area contributed by atoms with Crippen molar-refractivity contribution < 1.29 is 8.42 Å². The van der Waals surface area contributed by atoms with Crippen molar-refractivity contribution in [3.8, 4) is 0 Å². The fraction of sp³-hybridized carbons (Fsp3) is 0.600. The summed E-state index contributed by atoms with van der Waals surface area (Å²) < 4.78 is 27.2. The topological polar surface area (TPSA) is 46.2 Å². The highest BCUT2D eigenvalue weighted by Crippen LogP contribution is 2.24. The van der Waals surface area contributed by atoms with Crippen LogP contribution in [-0.2, 0) is 10.0 Å². The lowest BCUT2D eigenvalue weighted by Gasteiger charge is -2.28. The number of alkyl halides is 1. The van der Waals surface area contributed by atoms with Crippen LogP contribution in [0.15, 0.2) is 16.3 Å². The number of thiophene rings is 1. The zero-order valence-corrected chi connectivity index (χ0v) is 13.0. The normalized spacial score (nSPS) is 15.1. The van der Waals surface area contributed by atoms with Crippen LogP contribution < -0.4 is 4.72 Å². The molecule has 1 rings (SSSR count). The summed E-state index contributed by atoms with van der Waals surface area (Å²) in [6, 6.07) is 3.45. The van der Waals surface area contributed by atoms with Crippen molar-refractivity contribution in [3.63, 3.8) is 0 Å². The van der Waals surface area contributed by atoms with Crippen LogP contribution in [0, 0.1) is 6.92 Å². The molecule has 0 aromatic carbocycles. The van der Waals surface area contributed by atoms with E-state index in [1.807, 2.05) is 33.8 Å². The maximum atomic E-state index is 12.0. The highest BCUT2D eigenvalue weighted by atomic mass is 79.9. The quantitative estimate of drug-likeness (QED) is 0.865. The van der Waals surface area contributed by atoms with Crippen LogP contribution in [0.5, 0.6) is 0 Å². The smallest absolute Gasteiger partial charge is 0.206 e. The minimum Gasteiger partial charge on any atom is -0.206 e. The lowest BCUT2D eigenvalue weighted by molar-refractivity contribution is 0.454. The SMILES string of the molecule is Cc1ccc(S(=O)(=O)NC(C)(C)C(C)Br)s1. The number of aryl methyl sites for hydroxylation is 1. The highest BCUT2D eigenvalue weighted by molar-refractivity contribution is 9.09. The summed E-state index contributed by atoms with van der Waals surface area (Å²) in [5, 5.41) is 0. The van der Waals surface area contributed by atoms with Crippen LogP contribution in [0.2, 0.25) is 0 Å². The molecule has 1 aromatic rings. The Morgan fingerprint density at radius 1 is 1.44 bits per heavy atom. The molecule has 0 radical (unpaired) electrons. The van der Waals surface area contributed by atoms with E-state index in [0.717, 1.165) is 4.88 Å². The second-order valence-electron chi connectivity index (χ2n) is 4.31. The number of halogens is 1. The van der Waals surface area contributed by atoms with Gasteiger partial charge in [0.1, 0.15) is 4.21 Å². The van der Waals surface area contributed by atoms with Crippen LogP contribution in [0.25, 0.3) is 0 Å². The van der Waals surface area contributed by atoms with Crippen LogP contribution in [0.1, 0.15) is 25.6 Å². The van der Waals surface area contributed by atoms with E-state index in [-0.39, 0.29) is 4.83 Å². The van der Waals surface area contributed by atoms with Gasteiger partial charge in [0.2, 0.25) is 0 Å². The maximum Gasteiger partial charge on any atom is 0.250 e. The molecule has 1 heterocycles. The largest absolute Gasteiger partial charge is 0.250 e. The molecule has 0 amide bonds. The van der Waals surface area contributed by atoms with Crippen molar-refractivity contribution in [2.45, 2.75) is 42.3 Å². The van der Waals surface area contributed by atoms with E-state index >= 15 is 0 Å². The molecule has 1 unspecified atom stereocenters. The summed E-state index contributed by atoms with van der Waals surface area (Å²) in [6.07, 6.45) is 0. The Labute approximate surface area is 109 Å². The van der Waals surface area contributed by atoms with Crippen LogP contribution in [-0.4, -0.2) is 18.8 Å². The van der Waals surface area contributed by atoms with E-state index in [2.05, 4.69) is 20.7 Å². The Morgan fingerprint density at radius 3 is 2.38 bits per heavy atom. The van der Waals surface area contributed by atoms with E-state index in [0.29, 0.717) is 4.21 Å². The summed E-state index contributed by atoms with van der Waals surface area (Å²) in [5.41, 5.74) is -0.517. The third-order valence-electron chi connectivity index (χ3n) is 2.37. The van der Waals surface area contributed by atoms with E-state index in [1.54, 1.807) is 6.07 Å². The van der Waals surface area contributed by atoms with Crippen molar-refractivity contribution >= 4 is 37.3 Å². The monoisotopic (exact) mass is 325 g/mol. The van der Waals surface area contributed by atoms with Gasteiger partial charge in [0.15, 0.2) is 0 Å². The Bertz CT molecular complexity index is 463. The first-order valence-electron chi connectivity index (χ1n) is 4.89. The molecule has 92 valence electrons. The number of hydrogen-bond acceptors (Lipinski definition) is 3. The molecule has 0 fully saturated rings. The standard InChI is InChI=1S/C10H16BrNO2S2/c1-7-5-6-9(15-7)16(13,14)12-10(3,4)8(2)11/h5-6,8,12H,1-4H3. The number of nitrogens with one attached hydrogen (secondary N) is 1. The molecule has 1 N–H and O–H groups in total. The molecule has 0 aliphatic heterocycles. The third kappa shape index (κ3) is 3.29. The molecule has 0 aliphatic rings. The average molecular weight is 326 g/mol. The predicted molar refractivity (Wildman–Crippen MR) is 71.8 cm³/mol. The molecule has 3 nitrogen and oxygen atoms in total. The van der Waals surface area contributed by atoms with Crippen LogP contribution in [0.3, 0.4) is 0 Å². The van der Waals surface area contributed by atoms with Crippen molar-refractivity contribution in [1.29, 1.82) is 0 Å². The van der Waals surface area contributed by atoms with Gasteiger partial charge in [0.25, 0.3) is 10.0 Å². The van der Waals surface area contributed by atoms with Gasteiger partial charge in [-0.25, -0.2) is 13.1 Å². The average Bonchev–Trinajstić information content (AvgIpc) is 2.50. The molecule has 0 spiro atoms. The summed E-state index contributed by atoms with van der Waals surface area (Å²) in [7, 11) is -3.40. The number of hydrogen-bond donors (Lipinski definition) is 1. The van der Waals surface area contributed by atoms with Gasteiger partial charge in [0.05, 0.1) is 0 Å². The number of sulfonamides is 1. The van der Waals surface area contributed by atoms with Gasteiger partial charge in [-0.1, -0.05) is 22.9 Å². The fourth-order valence-corrected chi connectivity index (χ4v) is 4.07. The van der Waals surface area contributed by atoms with Gasteiger partial charge in [-0.05, 0) is 32.9 Å². The molecule has 0 saturated heterocycles. The first-order valence-corrected chi connectivity index (χ1v) is 8.11. The minimum absolute atomic E-state index is 0.0517.